The van der Waals surface area contributed by atoms with Crippen molar-refractivity contribution in [2.45, 2.75) is 61.4 Å². The Kier molecular flexibility index (Phi) is 12.0. The van der Waals surface area contributed by atoms with E-state index in [9.17, 15) is 60.7 Å². The van der Waals surface area contributed by atoms with Crippen LogP contribution in [0.1, 0.15) is 5.56 Å². The minimum absolute atomic E-state index is 0.117. The molecule has 0 aliphatic carbocycles. The lowest BCUT2D eigenvalue weighted by Crippen LogP contribution is -2.61. The van der Waals surface area contributed by atoms with Crippen LogP contribution in [0.5, 0.6) is 34.5 Å². The fraction of sp³-hybridized carbons (Fsp3) is 0.351. The predicted octanol–water partition coefficient (Wildman–Crippen LogP) is -0.793. The molecule has 6 rings (SSSR count). The summed E-state index contributed by atoms with van der Waals surface area (Å²) in [5.41, 5.74) is -0.812. The van der Waals surface area contributed by atoms with E-state index in [0.29, 0.717) is 5.56 Å². The number of methoxy groups -OCH3 is 1. The summed E-state index contributed by atoms with van der Waals surface area (Å²) in [5, 5.41) is 103. The average Bonchev–Trinajstić information content (AvgIpc) is 3.18. The van der Waals surface area contributed by atoms with Gasteiger partial charge in [0.05, 0.1) is 20.3 Å². The van der Waals surface area contributed by atoms with E-state index in [1.54, 1.807) is 0 Å². The van der Waals surface area contributed by atoms with Gasteiger partial charge in [-0.1, -0.05) is 6.07 Å². The van der Waals surface area contributed by atoms with E-state index in [2.05, 4.69) is 0 Å². The van der Waals surface area contributed by atoms with Gasteiger partial charge < -0.3 is 83.9 Å². The fourth-order valence-corrected chi connectivity index (χ4v) is 6.08. The van der Waals surface area contributed by atoms with Gasteiger partial charge in [-0.15, -0.1) is 0 Å². The van der Waals surface area contributed by atoms with Crippen LogP contribution in [0.2, 0.25) is 0 Å². The molecule has 0 saturated carbocycles. The second kappa shape index (κ2) is 16.7. The van der Waals surface area contributed by atoms with Crippen LogP contribution >= 0.6 is 0 Å². The Morgan fingerprint density at radius 3 is 2.11 bits per heavy atom. The first-order valence-electron chi connectivity index (χ1n) is 16.9. The summed E-state index contributed by atoms with van der Waals surface area (Å²) in [5.74, 6) is -3.18. The van der Waals surface area contributed by atoms with Crippen LogP contribution in [0, 0.1) is 0 Å². The molecule has 0 amide bonds. The molecule has 56 heavy (non-hydrogen) atoms. The molecule has 19 nitrogen and oxygen atoms in total. The number of fused-ring (bicyclic) bond motifs is 1. The fourth-order valence-electron chi connectivity index (χ4n) is 6.08. The number of aliphatic hydroxyl groups is 7. The summed E-state index contributed by atoms with van der Waals surface area (Å²) in [7, 11) is 1.34. The quantitative estimate of drug-likeness (QED) is 0.0658. The lowest BCUT2D eigenvalue weighted by molar-refractivity contribution is -0.280. The van der Waals surface area contributed by atoms with Gasteiger partial charge in [0.15, 0.2) is 23.4 Å². The number of aliphatic hydroxyl groups excluding tert-OH is 7. The number of hydrogen-bond acceptors (Lipinski definition) is 19. The zero-order valence-electron chi connectivity index (χ0n) is 29.2. The number of phenolic OH excluding ortho intramolecular Hbond substituents is 3. The first-order chi connectivity index (χ1) is 26.7. The van der Waals surface area contributed by atoms with Crippen molar-refractivity contribution >= 4 is 23.0 Å². The third-order valence-corrected chi connectivity index (χ3v) is 9.06. The smallest absolute Gasteiger partial charge is 0.331 e. The summed E-state index contributed by atoms with van der Waals surface area (Å²) in [6.07, 6.45) is -15.0. The average molecular weight is 787 g/mol. The van der Waals surface area contributed by atoms with E-state index in [-0.39, 0.29) is 39.9 Å². The van der Waals surface area contributed by atoms with Gasteiger partial charge in [0.1, 0.15) is 70.9 Å². The zero-order chi connectivity index (χ0) is 40.4. The molecule has 3 aromatic carbocycles. The van der Waals surface area contributed by atoms with Gasteiger partial charge >= 0.3 is 5.97 Å². The van der Waals surface area contributed by atoms with Gasteiger partial charge in [-0.05, 0) is 48.0 Å². The first kappa shape index (κ1) is 40.2. The lowest BCUT2D eigenvalue weighted by Gasteiger charge is -2.41. The molecule has 2 fully saturated rings. The molecule has 19 heteroatoms. The molecule has 2 saturated heterocycles. The van der Waals surface area contributed by atoms with Gasteiger partial charge in [0.2, 0.25) is 23.8 Å². The van der Waals surface area contributed by atoms with E-state index in [1.165, 1.54) is 55.7 Å². The molecule has 3 heterocycles. The standard InChI is InChI=1S/C37H38O19/c1-50-21-10-15(2-8-19(21)41)3-9-25(43)55-34-24(14-39)54-37(32(49)30(34)47)56-35-28(45)26-20(42)11-18(51-36-31(48)29(46)27(44)23(13-38)53-36)12-22(26)52-33(35)16-4-6-17(40)7-5-16/h2-12,23-24,27,29-32,34,36-42,44,46-49H,13-14H2,1H3. The highest BCUT2D eigenvalue weighted by Crippen LogP contribution is 2.39. The molecular weight excluding hydrogens is 748 g/mol. The van der Waals surface area contributed by atoms with Crippen molar-refractivity contribution < 1.29 is 88.7 Å². The molecule has 10 unspecified atom stereocenters. The summed E-state index contributed by atoms with van der Waals surface area (Å²) in [4.78, 5) is 26.8. The van der Waals surface area contributed by atoms with Crippen molar-refractivity contribution in [3.05, 3.63) is 76.5 Å². The first-order valence-corrected chi connectivity index (χ1v) is 16.9. The van der Waals surface area contributed by atoms with Crippen LogP contribution in [-0.2, 0) is 19.0 Å². The van der Waals surface area contributed by atoms with Gasteiger partial charge in [-0.25, -0.2) is 4.79 Å². The highest BCUT2D eigenvalue weighted by Gasteiger charge is 2.48. The van der Waals surface area contributed by atoms with Crippen molar-refractivity contribution in [1.29, 1.82) is 0 Å². The Morgan fingerprint density at radius 1 is 0.768 bits per heavy atom. The number of esters is 1. The molecule has 0 bridgehead atoms. The maximum Gasteiger partial charge on any atom is 0.331 e. The zero-order valence-corrected chi connectivity index (χ0v) is 29.2. The van der Waals surface area contributed by atoms with E-state index in [0.717, 1.165) is 18.2 Å². The van der Waals surface area contributed by atoms with Gasteiger partial charge in [-0.3, -0.25) is 4.79 Å². The number of carbonyl (C=O) groups excluding carboxylic acids is 1. The minimum Gasteiger partial charge on any atom is -0.508 e. The minimum atomic E-state index is -2.02. The Labute approximate surface area is 315 Å². The molecule has 10 N–H and O–H groups in total. The van der Waals surface area contributed by atoms with E-state index in [4.69, 9.17) is 32.8 Å². The highest BCUT2D eigenvalue weighted by molar-refractivity contribution is 5.89. The van der Waals surface area contributed by atoms with Gasteiger partial charge in [-0.2, -0.15) is 0 Å². The number of benzene rings is 3. The summed E-state index contributed by atoms with van der Waals surface area (Å²) in [6, 6.07) is 11.5. The van der Waals surface area contributed by atoms with Crippen LogP contribution in [0.3, 0.4) is 0 Å². The third kappa shape index (κ3) is 8.07. The van der Waals surface area contributed by atoms with Crippen molar-refractivity contribution in [3.8, 4) is 45.8 Å². The Bertz CT molecular complexity index is 2110. The number of phenols is 3. The SMILES string of the molecule is COc1cc(C=CC(=O)OC2C(CO)OC(Oc3c(-c4ccc(O)cc4)oc4cc(OC5OC(CO)C(O)C(O)C5O)cc(O)c4c3=O)C(O)C2O)ccc1O. The molecule has 2 aliphatic rings. The van der Waals surface area contributed by atoms with Crippen molar-refractivity contribution in [2.75, 3.05) is 20.3 Å². The summed E-state index contributed by atoms with van der Waals surface area (Å²) in [6.45, 7) is -1.60. The Morgan fingerprint density at radius 2 is 1.43 bits per heavy atom. The monoisotopic (exact) mass is 786 g/mol. The second-order valence-electron chi connectivity index (χ2n) is 12.8. The van der Waals surface area contributed by atoms with Gasteiger partial charge in [0.25, 0.3) is 0 Å². The summed E-state index contributed by atoms with van der Waals surface area (Å²) < 4.78 is 38.8. The van der Waals surface area contributed by atoms with E-state index >= 15 is 0 Å². The van der Waals surface area contributed by atoms with E-state index in [1.807, 2.05) is 0 Å². The lowest BCUT2D eigenvalue weighted by atomic mass is 9.99. The molecule has 0 spiro atoms. The maximum atomic E-state index is 14.1. The molecule has 4 aromatic rings. The molecule has 10 atom stereocenters. The number of rotatable bonds is 11. The van der Waals surface area contributed by atoms with Crippen LogP contribution < -0.4 is 19.6 Å². The molecule has 0 radical (unpaired) electrons. The van der Waals surface area contributed by atoms with Crippen LogP contribution in [-0.4, -0.2) is 139 Å². The third-order valence-electron chi connectivity index (χ3n) is 9.06. The number of carbonyl (C=O) groups is 1. The Balaban J connectivity index is 1.29. The van der Waals surface area contributed by atoms with Crippen molar-refractivity contribution in [3.63, 3.8) is 0 Å². The normalized spacial score (nSPS) is 27.9. The molecular formula is C37H38O19. The van der Waals surface area contributed by atoms with Gasteiger partial charge in [0, 0.05) is 23.8 Å². The van der Waals surface area contributed by atoms with Crippen LogP contribution in [0.25, 0.3) is 28.4 Å². The largest absolute Gasteiger partial charge is 0.508 e. The number of ether oxygens (including phenoxy) is 6. The molecule has 1 aromatic heterocycles. The highest BCUT2D eigenvalue weighted by atomic mass is 16.7. The van der Waals surface area contributed by atoms with Crippen molar-refractivity contribution in [1.82, 2.24) is 0 Å². The predicted molar refractivity (Wildman–Crippen MR) is 188 cm³/mol. The van der Waals surface area contributed by atoms with Crippen LogP contribution in [0.15, 0.2) is 69.9 Å². The number of aromatic hydroxyl groups is 3. The van der Waals surface area contributed by atoms with E-state index < -0.39 is 103 Å². The summed E-state index contributed by atoms with van der Waals surface area (Å²) >= 11 is 0. The topological polar surface area (TPSA) is 305 Å². The second-order valence-corrected chi connectivity index (χ2v) is 12.8. The number of hydrogen-bond donors (Lipinski definition) is 10. The maximum absolute atomic E-state index is 14.1. The molecule has 300 valence electrons. The molecule has 2 aliphatic heterocycles. The van der Waals surface area contributed by atoms with Crippen LogP contribution in [0.4, 0.5) is 0 Å². The Hall–Kier alpha value is -5.48. The van der Waals surface area contributed by atoms with Crippen molar-refractivity contribution in [2.24, 2.45) is 0 Å².